The number of aromatic nitrogens is 14. The summed E-state index contributed by atoms with van der Waals surface area (Å²) in [6.07, 6.45) is 0. The molecule has 8 rings (SSSR count). The first-order valence-corrected chi connectivity index (χ1v) is 38.7. The van der Waals surface area contributed by atoms with Gasteiger partial charge >= 0.3 is 59.6 Å². The van der Waals surface area contributed by atoms with E-state index in [1.807, 2.05) is 162 Å². The van der Waals surface area contributed by atoms with Crippen molar-refractivity contribution in [3.63, 3.8) is 0 Å². The van der Waals surface area contributed by atoms with Crippen LogP contribution in [0.4, 0.5) is 34.9 Å². The molecule has 0 aliphatic rings. The van der Waals surface area contributed by atoms with Crippen molar-refractivity contribution in [2.75, 3.05) is 28.3 Å². The standard InChI is InChI=1S/C10H13ClN2.C10H13N5.C10H14N2O.C9H12N6.C6H8N2.C5H7N3.C4H7ClO.C3H9N3Si.Cl5P/c1-7(2)10(11)13-9-6-4-5-8(3)12-9;1-7(2)10-12-13-14-15(10)9-6-4-5-8(3)11-9;1-7(2)10(13)12-9-6-4-5-8(3)11-9;1-6(2)9-12-13-14-15(9)8-5-3-4-7(10)11-8;1-5-3-2-4-6(7)8-5;6-4-2-1-3-5(7)8-4;1-3(2)4(5)6;1-7(2,3)6-5-4;1-6(2,3,4)5/h4-7H,1-3H3;4-7H,1-3H3;4-7H,1-3H3,(H,11,12,13);3-6H,1-2H3,(H2,10,11);2-4H,1H3,(H2,7,8);1-3H,(H4,6,7,8);3H,1-2H3;1-3H3;. The Morgan fingerprint density at radius 3 is 1.20 bits per heavy atom. The summed E-state index contributed by atoms with van der Waals surface area (Å²) in [4.78, 5) is 52.7. The number of anilines is 5. The van der Waals surface area contributed by atoms with Crippen LogP contribution >= 0.6 is 82.8 Å². The number of aryl methyl sites for hydroxylation is 4. The molecule has 8 heterocycles. The van der Waals surface area contributed by atoms with Crippen LogP contribution in [0, 0.1) is 45.4 Å². The van der Waals surface area contributed by atoms with Gasteiger partial charge in [0, 0.05) is 52.4 Å². The molecular weight excluding hydrogens is 1350 g/mol. The number of hydrogen-bond acceptors (Lipinski definition) is 20. The fourth-order valence-corrected chi connectivity index (χ4v) is 5.87. The van der Waals surface area contributed by atoms with E-state index in [1.165, 1.54) is 0 Å². The molecule has 0 bridgehead atoms. The van der Waals surface area contributed by atoms with Gasteiger partial charge in [0.05, 0.1) is 0 Å². The Bertz CT molecular complexity index is 3350. The predicted octanol–water partition coefficient (Wildman–Crippen LogP) is 16.6. The molecule has 0 aromatic carbocycles. The summed E-state index contributed by atoms with van der Waals surface area (Å²) >= 11 is 35.8. The number of nitrogens with zero attached hydrogens (tertiary/aromatic N) is 18. The molecule has 8 aromatic heterocycles. The van der Waals surface area contributed by atoms with E-state index in [2.05, 4.69) is 94.8 Å². The molecule has 91 heavy (non-hydrogen) atoms. The molecular formula is C57H83Cl7N23O2PSi. The summed E-state index contributed by atoms with van der Waals surface area (Å²) in [5.41, 5.74) is 33.2. The monoisotopic (exact) mass is 1430 g/mol. The van der Waals surface area contributed by atoms with Gasteiger partial charge < -0.3 is 28.3 Å². The minimum absolute atomic E-state index is 0.00176. The largest absolute Gasteiger partial charge is 0.384 e. The van der Waals surface area contributed by atoms with Crippen molar-refractivity contribution >= 4 is 142 Å². The summed E-state index contributed by atoms with van der Waals surface area (Å²) in [7, 11) is -1.45. The van der Waals surface area contributed by atoms with Gasteiger partial charge in [-0.3, -0.25) is 9.59 Å². The number of carbonyl (C=O) groups is 2. The first kappa shape index (κ1) is 84.0. The third-order valence-electron chi connectivity index (χ3n) is 9.82. The maximum atomic E-state index is 11.3. The normalized spacial score (nSPS) is 11.0. The van der Waals surface area contributed by atoms with E-state index in [0.29, 0.717) is 45.9 Å². The number of amides is 1. The molecule has 496 valence electrons. The maximum Gasteiger partial charge on any atom is 0.125 e. The molecule has 0 unspecified atom stereocenters. The second kappa shape index (κ2) is 42.2. The van der Waals surface area contributed by atoms with Gasteiger partial charge in [0.15, 0.2) is 29.1 Å². The van der Waals surface area contributed by atoms with E-state index in [-0.39, 0.29) is 40.7 Å². The fourth-order valence-electron chi connectivity index (χ4n) is 5.52. The van der Waals surface area contributed by atoms with Gasteiger partial charge in [0.25, 0.3) is 0 Å². The summed E-state index contributed by atoms with van der Waals surface area (Å²) in [5.74, 6) is 7.02. The average molecular weight is 1430 g/mol. The number of halogens is 7. The van der Waals surface area contributed by atoms with E-state index < -0.39 is 11.6 Å². The third kappa shape index (κ3) is 42.7. The Morgan fingerprint density at radius 1 is 0.527 bits per heavy atom. The number of pyridine rings is 6. The molecule has 0 fully saturated rings. The molecule has 34 heteroatoms. The number of hydrogen-bond donors (Lipinski definition) is 5. The first-order valence-electron chi connectivity index (χ1n) is 27.8. The van der Waals surface area contributed by atoms with Gasteiger partial charge in [-0.2, -0.15) is 9.36 Å². The molecule has 0 aliphatic carbocycles. The number of nitrogens with one attached hydrogen (secondary N) is 1. The van der Waals surface area contributed by atoms with Crippen molar-refractivity contribution in [2.24, 2.45) is 27.5 Å². The molecule has 9 N–H and O–H groups in total. The first-order chi connectivity index (χ1) is 42.1. The van der Waals surface area contributed by atoms with Gasteiger partial charge in [0.1, 0.15) is 42.5 Å². The van der Waals surface area contributed by atoms with Crippen LogP contribution in [0.2, 0.25) is 19.6 Å². The van der Waals surface area contributed by atoms with E-state index in [1.54, 1.807) is 59.6 Å². The summed E-state index contributed by atoms with van der Waals surface area (Å²) in [6.45, 7) is 33.0. The van der Waals surface area contributed by atoms with E-state index >= 15 is 0 Å². The summed E-state index contributed by atoms with van der Waals surface area (Å²) < 4.78 is 3.16. The molecule has 0 radical (unpaired) electrons. The van der Waals surface area contributed by atoms with Crippen molar-refractivity contribution in [1.29, 1.82) is 0 Å². The molecule has 0 spiro atoms. The summed E-state index contributed by atoms with van der Waals surface area (Å²) in [5, 5.41) is 26.1. The van der Waals surface area contributed by atoms with Crippen molar-refractivity contribution in [3.05, 3.63) is 154 Å². The van der Waals surface area contributed by atoms with Gasteiger partial charge in [-0.15, -0.1) is 15.0 Å². The minimum atomic E-state index is -3.69. The summed E-state index contributed by atoms with van der Waals surface area (Å²) in [6, 6.07) is 33.1. The Hall–Kier alpha value is -6.96. The Morgan fingerprint density at radius 2 is 0.890 bits per heavy atom. The third-order valence-corrected chi connectivity index (χ3v) is 11.5. The number of carbonyl (C=O) groups excluding carboxylic acids is 2. The van der Waals surface area contributed by atoms with Crippen LogP contribution in [0.15, 0.2) is 119 Å². The zero-order valence-electron chi connectivity index (χ0n) is 54.0. The zero-order valence-corrected chi connectivity index (χ0v) is 61.2. The number of rotatable bonds is 10. The van der Waals surface area contributed by atoms with E-state index in [4.69, 9.17) is 108 Å². The Kier molecular flexibility index (Phi) is 39.0. The van der Waals surface area contributed by atoms with Crippen molar-refractivity contribution in [3.8, 4) is 11.6 Å². The van der Waals surface area contributed by atoms with Gasteiger partial charge in [0.2, 0.25) is 11.1 Å². The number of aliphatic imine (C=N–C) groups is 1. The Balaban J connectivity index is 0.00000102. The number of tetrazole rings is 2. The van der Waals surface area contributed by atoms with Crippen LogP contribution in [0.25, 0.3) is 22.1 Å². The predicted molar refractivity (Wildman–Crippen MR) is 381 cm³/mol. The Labute approximate surface area is 568 Å². The van der Waals surface area contributed by atoms with E-state index in [0.717, 1.165) is 40.2 Å². The van der Waals surface area contributed by atoms with Crippen LogP contribution in [0.5, 0.6) is 0 Å². The second-order valence-electron chi connectivity index (χ2n) is 21.4. The molecule has 8 aromatic rings. The molecule has 25 nitrogen and oxygen atoms in total. The smallest absolute Gasteiger partial charge is 0.125 e. The molecule has 0 saturated carbocycles. The molecule has 0 aliphatic heterocycles. The second-order valence-corrected chi connectivity index (χ2v) is 43.4. The van der Waals surface area contributed by atoms with Crippen molar-refractivity contribution < 1.29 is 9.59 Å². The van der Waals surface area contributed by atoms with Crippen molar-refractivity contribution in [2.45, 2.75) is 128 Å². The average Bonchev–Trinajstić information content (AvgIpc) is 3.49. The van der Waals surface area contributed by atoms with Crippen molar-refractivity contribution in [1.82, 2.24) is 70.3 Å². The van der Waals surface area contributed by atoms with Crippen LogP contribution < -0.4 is 28.3 Å². The molecule has 0 atom stereocenters. The maximum absolute atomic E-state index is 11.3. The van der Waals surface area contributed by atoms with Crippen LogP contribution in [0.1, 0.15) is 115 Å². The fraction of sp³-hybridized carbons (Fsp3) is 0.386. The van der Waals surface area contributed by atoms with Crippen LogP contribution in [0.3, 0.4) is 0 Å². The van der Waals surface area contributed by atoms with Crippen LogP contribution in [-0.4, -0.2) is 94.9 Å². The SMILES string of the molecule is CC(C)C(=O)Cl.CC(C)c1nnnn1-c1cccc(N)n1.C[Si](C)(C)N=[N+]=[N-].Cc1cccc(-n2nnnc2C(C)C)n1.Cc1cccc(N)n1.Cc1cccc(N=C(Cl)C(C)C)n1.Cc1cccc(NC(=O)C(C)C)n1.ClP(Cl)(Cl)(Cl)Cl.Nc1cccc(N)n1. The molecule has 1 amide bonds. The number of nitrogen functional groups attached to an aromatic ring is 4. The number of nitrogens with two attached hydrogens (primary N) is 4. The number of azide groups is 1. The van der Waals surface area contributed by atoms with Crippen LogP contribution in [-0.2, 0) is 9.59 Å². The molecule has 0 saturated heterocycles. The quantitative estimate of drug-likeness (QED) is 0.0161. The topological polar surface area (TPSA) is 376 Å². The van der Waals surface area contributed by atoms with Gasteiger partial charge in [-0.1, -0.05) is 137 Å². The van der Waals surface area contributed by atoms with Gasteiger partial charge in [-0.25, -0.2) is 34.9 Å². The zero-order chi connectivity index (χ0) is 69.8. The van der Waals surface area contributed by atoms with Gasteiger partial charge in [-0.05, 0) is 143 Å². The van der Waals surface area contributed by atoms with E-state index in [9.17, 15) is 9.59 Å². The minimum Gasteiger partial charge on any atom is -0.384 e.